The molecule has 0 saturated carbocycles. The molecule has 0 aromatic heterocycles. The first-order chi connectivity index (χ1) is 8.54. The minimum Gasteiger partial charge on any atom is -0.465 e. The summed E-state index contributed by atoms with van der Waals surface area (Å²) in [5.74, 6) is 0.300. The number of amides is 1. The van der Waals surface area contributed by atoms with Gasteiger partial charge in [0.1, 0.15) is 6.04 Å². The summed E-state index contributed by atoms with van der Waals surface area (Å²) in [6.07, 6.45) is 1.85. The first kappa shape index (κ1) is 17.2. The van der Waals surface area contributed by atoms with Crippen molar-refractivity contribution in [2.24, 2.45) is 5.73 Å². The molecule has 0 aromatic carbocycles. The lowest BCUT2D eigenvalue weighted by Crippen LogP contribution is -2.37. The smallest absolute Gasteiger partial charge is 0.323 e. The van der Waals surface area contributed by atoms with Crippen molar-refractivity contribution in [3.8, 4) is 0 Å². The fourth-order valence-corrected chi connectivity index (χ4v) is 2.13. The lowest BCUT2D eigenvalue weighted by Gasteiger charge is -2.15. The topological polar surface area (TPSA) is 81.4 Å². The van der Waals surface area contributed by atoms with Crippen LogP contribution in [0.15, 0.2) is 0 Å². The third-order valence-electron chi connectivity index (χ3n) is 2.47. The minimum absolute atomic E-state index is 0.00948. The minimum atomic E-state index is -0.657. The van der Waals surface area contributed by atoms with Crippen molar-refractivity contribution in [1.82, 2.24) is 5.32 Å². The summed E-state index contributed by atoms with van der Waals surface area (Å²) >= 11 is 1.35. The number of hydrogen-bond acceptors (Lipinski definition) is 5. The highest BCUT2D eigenvalue weighted by Gasteiger charge is 2.15. The first-order valence-electron chi connectivity index (χ1n) is 6.34. The van der Waals surface area contributed by atoms with Crippen LogP contribution in [0.25, 0.3) is 0 Å². The lowest BCUT2D eigenvalue weighted by molar-refractivity contribution is -0.144. The van der Waals surface area contributed by atoms with Crippen LogP contribution in [0, 0.1) is 0 Å². The van der Waals surface area contributed by atoms with E-state index in [9.17, 15) is 9.59 Å². The van der Waals surface area contributed by atoms with Gasteiger partial charge in [-0.05, 0) is 19.8 Å². The number of rotatable bonds is 9. The van der Waals surface area contributed by atoms with E-state index in [4.69, 9.17) is 10.5 Å². The molecule has 0 bridgehead atoms. The van der Waals surface area contributed by atoms with Gasteiger partial charge >= 0.3 is 5.97 Å². The quantitative estimate of drug-likeness (QED) is 0.612. The molecule has 5 nitrogen and oxygen atoms in total. The number of carbonyl (C=O) groups excluding carboxylic acids is 2. The maximum absolute atomic E-state index is 11.6. The first-order valence-corrected chi connectivity index (χ1v) is 7.49. The Morgan fingerprint density at radius 3 is 2.39 bits per heavy atom. The number of hydrogen-bond donors (Lipinski definition) is 2. The SMILES string of the molecule is CCOC(=O)C(N)CSCC(=O)NC(CC)CC. The summed E-state index contributed by atoms with van der Waals surface area (Å²) in [4.78, 5) is 22.8. The van der Waals surface area contributed by atoms with Gasteiger partial charge in [-0.2, -0.15) is 0 Å². The Bertz CT molecular complexity index is 258. The molecule has 1 unspecified atom stereocenters. The van der Waals surface area contributed by atoms with E-state index >= 15 is 0 Å². The highest BCUT2D eigenvalue weighted by Crippen LogP contribution is 2.04. The number of carbonyl (C=O) groups is 2. The zero-order valence-electron chi connectivity index (χ0n) is 11.4. The molecule has 1 amide bonds. The molecular formula is C12H24N2O3S. The molecule has 0 aliphatic rings. The van der Waals surface area contributed by atoms with E-state index in [0.29, 0.717) is 18.1 Å². The summed E-state index contributed by atoms with van der Waals surface area (Å²) < 4.78 is 4.78. The van der Waals surface area contributed by atoms with Gasteiger partial charge in [0.15, 0.2) is 0 Å². The molecule has 0 heterocycles. The summed E-state index contributed by atoms with van der Waals surface area (Å²) in [6.45, 7) is 6.14. The van der Waals surface area contributed by atoms with Crippen molar-refractivity contribution in [2.75, 3.05) is 18.1 Å². The Labute approximate surface area is 113 Å². The Balaban J connectivity index is 3.77. The fourth-order valence-electron chi connectivity index (χ4n) is 1.36. The Kier molecular flexibility index (Phi) is 9.77. The van der Waals surface area contributed by atoms with Gasteiger partial charge in [-0.1, -0.05) is 13.8 Å². The summed E-state index contributed by atoms with van der Waals surface area (Å²) in [5.41, 5.74) is 5.62. The second-order valence-electron chi connectivity index (χ2n) is 3.95. The number of esters is 1. The molecule has 6 heteroatoms. The average molecular weight is 276 g/mol. The van der Waals surface area contributed by atoms with Gasteiger partial charge in [0.2, 0.25) is 5.91 Å². The third kappa shape index (κ3) is 7.55. The van der Waals surface area contributed by atoms with Crippen molar-refractivity contribution in [3.05, 3.63) is 0 Å². The monoisotopic (exact) mass is 276 g/mol. The Morgan fingerprint density at radius 2 is 1.89 bits per heavy atom. The van der Waals surface area contributed by atoms with Gasteiger partial charge in [0, 0.05) is 11.8 Å². The molecule has 18 heavy (non-hydrogen) atoms. The maximum Gasteiger partial charge on any atom is 0.323 e. The van der Waals surface area contributed by atoms with Crippen LogP contribution in [0.5, 0.6) is 0 Å². The predicted molar refractivity (Wildman–Crippen MR) is 74.4 cm³/mol. The van der Waals surface area contributed by atoms with E-state index in [0.717, 1.165) is 12.8 Å². The molecule has 0 rings (SSSR count). The number of nitrogens with two attached hydrogens (primary N) is 1. The van der Waals surface area contributed by atoms with Gasteiger partial charge < -0.3 is 15.8 Å². The van der Waals surface area contributed by atoms with Crippen LogP contribution in [-0.4, -0.2) is 42.1 Å². The van der Waals surface area contributed by atoms with E-state index in [-0.39, 0.29) is 11.9 Å². The number of ether oxygens (including phenoxy) is 1. The van der Waals surface area contributed by atoms with E-state index in [1.54, 1.807) is 6.92 Å². The van der Waals surface area contributed by atoms with Gasteiger partial charge in [0.25, 0.3) is 0 Å². The van der Waals surface area contributed by atoms with Crippen molar-refractivity contribution >= 4 is 23.6 Å². The fraction of sp³-hybridized carbons (Fsp3) is 0.833. The zero-order valence-corrected chi connectivity index (χ0v) is 12.2. The van der Waals surface area contributed by atoms with E-state index in [1.165, 1.54) is 11.8 Å². The second-order valence-corrected chi connectivity index (χ2v) is 4.98. The molecule has 0 fully saturated rings. The van der Waals surface area contributed by atoms with Crippen LogP contribution < -0.4 is 11.1 Å². The van der Waals surface area contributed by atoms with E-state index in [1.807, 2.05) is 13.8 Å². The number of thioether (sulfide) groups is 1. The largest absolute Gasteiger partial charge is 0.465 e. The average Bonchev–Trinajstić information content (AvgIpc) is 2.36. The van der Waals surface area contributed by atoms with Crippen molar-refractivity contribution in [2.45, 2.75) is 45.7 Å². The molecule has 0 aliphatic carbocycles. The van der Waals surface area contributed by atoms with Crippen molar-refractivity contribution < 1.29 is 14.3 Å². The molecule has 106 valence electrons. The molecule has 1 atom stereocenters. The van der Waals surface area contributed by atoms with Gasteiger partial charge in [-0.3, -0.25) is 9.59 Å². The van der Waals surface area contributed by atoms with Crippen LogP contribution in [-0.2, 0) is 14.3 Å². The Morgan fingerprint density at radius 1 is 1.28 bits per heavy atom. The van der Waals surface area contributed by atoms with Gasteiger partial charge in [-0.15, -0.1) is 11.8 Å². The molecule has 0 radical (unpaired) electrons. The normalized spacial score (nSPS) is 12.3. The summed E-state index contributed by atoms with van der Waals surface area (Å²) in [7, 11) is 0. The summed E-state index contributed by atoms with van der Waals surface area (Å²) in [6, 6.07) is -0.423. The van der Waals surface area contributed by atoms with Gasteiger partial charge in [0.05, 0.1) is 12.4 Å². The zero-order chi connectivity index (χ0) is 14.0. The Hall–Kier alpha value is -0.750. The predicted octanol–water partition coefficient (Wildman–Crippen LogP) is 0.915. The standard InChI is InChI=1S/C12H24N2O3S/c1-4-9(5-2)14-11(15)8-18-7-10(13)12(16)17-6-3/h9-10H,4-8,13H2,1-3H3,(H,14,15). The highest BCUT2D eigenvalue weighted by atomic mass is 32.2. The van der Waals surface area contributed by atoms with Crippen LogP contribution in [0.2, 0.25) is 0 Å². The highest BCUT2D eigenvalue weighted by molar-refractivity contribution is 8.00. The second kappa shape index (κ2) is 10.2. The van der Waals surface area contributed by atoms with Crippen LogP contribution in [0.1, 0.15) is 33.6 Å². The molecular weight excluding hydrogens is 252 g/mol. The summed E-state index contributed by atoms with van der Waals surface area (Å²) in [5, 5.41) is 2.93. The van der Waals surface area contributed by atoms with Crippen molar-refractivity contribution in [1.29, 1.82) is 0 Å². The van der Waals surface area contributed by atoms with E-state index in [2.05, 4.69) is 5.32 Å². The molecule has 3 N–H and O–H groups in total. The molecule has 0 aliphatic heterocycles. The molecule has 0 aromatic rings. The third-order valence-corrected chi connectivity index (χ3v) is 3.53. The molecule has 0 spiro atoms. The van der Waals surface area contributed by atoms with Gasteiger partial charge in [-0.25, -0.2) is 0 Å². The van der Waals surface area contributed by atoms with Crippen LogP contribution >= 0.6 is 11.8 Å². The van der Waals surface area contributed by atoms with Crippen LogP contribution in [0.4, 0.5) is 0 Å². The van der Waals surface area contributed by atoms with E-state index < -0.39 is 12.0 Å². The maximum atomic E-state index is 11.6. The van der Waals surface area contributed by atoms with Crippen LogP contribution in [0.3, 0.4) is 0 Å². The molecule has 0 saturated heterocycles. The lowest BCUT2D eigenvalue weighted by atomic mass is 10.2. The number of nitrogens with one attached hydrogen (secondary N) is 1. The van der Waals surface area contributed by atoms with Crippen molar-refractivity contribution in [3.63, 3.8) is 0 Å².